The highest BCUT2D eigenvalue weighted by atomic mass is 27.2. The highest BCUT2D eigenvalue weighted by Gasteiger charge is 2.11. The van der Waals surface area contributed by atoms with E-state index in [0.29, 0.717) is 0 Å². The number of rotatable bonds is 9. The summed E-state index contributed by atoms with van der Waals surface area (Å²) in [6.07, 6.45) is 2.34. The first kappa shape index (κ1) is 17.6. The van der Waals surface area contributed by atoms with E-state index in [1.54, 1.807) is 4.43 Å². The van der Waals surface area contributed by atoms with Gasteiger partial charge in [0, 0.05) is 14.1 Å². The Morgan fingerprint density at radius 3 is 2.15 bits per heavy atom. The van der Waals surface area contributed by atoms with Crippen LogP contribution < -0.4 is 9.16 Å². The summed E-state index contributed by atoms with van der Waals surface area (Å²) in [6.45, 7) is 12.5. The summed E-state index contributed by atoms with van der Waals surface area (Å²) in [5.41, 5.74) is 0. The zero-order chi connectivity index (χ0) is 15.0. The van der Waals surface area contributed by atoms with E-state index in [0.717, 1.165) is 24.9 Å². The lowest BCUT2D eigenvalue weighted by atomic mass is 10.3. The number of hydrogen-bond donors (Lipinski definition) is 0. The fourth-order valence-electron chi connectivity index (χ4n) is 2.76. The standard InChI is InChI=1S/C10H13O.2C4H9.Al/c1-2-3-9-11-10-7-5-4-6-8-10;2*1-4(2)3;/h4-7H,2-3,9H2,1H3;2*4H,1H2,2-3H3;/q;;;-1. The molecule has 0 aromatic heterocycles. The van der Waals surface area contributed by atoms with Gasteiger partial charge in [-0.1, -0.05) is 65.0 Å². The topological polar surface area (TPSA) is 9.23 Å². The SMILES string of the molecule is CCCCOc1cccc[c]1[Al-]([CH2]C(C)C)[CH2]C(C)C. The molecule has 0 spiro atoms. The van der Waals surface area contributed by atoms with Crippen molar-refractivity contribution in [3.63, 3.8) is 0 Å². The van der Waals surface area contributed by atoms with Crippen LogP contribution in [0.2, 0.25) is 10.6 Å². The molecule has 0 amide bonds. The summed E-state index contributed by atoms with van der Waals surface area (Å²) >= 11 is -0.924. The lowest BCUT2D eigenvalue weighted by molar-refractivity contribution is 0.311. The van der Waals surface area contributed by atoms with Crippen molar-refractivity contribution in [3.8, 4) is 5.75 Å². The van der Waals surface area contributed by atoms with Gasteiger partial charge in [-0.05, 0) is 12.5 Å². The van der Waals surface area contributed by atoms with Crippen LogP contribution in [0.25, 0.3) is 0 Å². The first-order chi connectivity index (χ1) is 9.54. The van der Waals surface area contributed by atoms with Gasteiger partial charge in [0.05, 0.1) is 12.4 Å². The van der Waals surface area contributed by atoms with Crippen LogP contribution in [0.4, 0.5) is 0 Å². The molecule has 0 aliphatic rings. The minimum atomic E-state index is -0.924. The smallest absolute Gasteiger partial charge is 0.0880 e. The number of para-hydroxylation sites is 1. The second-order valence-corrected chi connectivity index (χ2v) is 9.65. The van der Waals surface area contributed by atoms with Gasteiger partial charge >= 0.3 is 0 Å². The molecule has 1 aromatic rings. The van der Waals surface area contributed by atoms with Gasteiger partial charge in [-0.3, -0.25) is 0 Å². The molecule has 0 heterocycles. The van der Waals surface area contributed by atoms with Crippen LogP contribution >= 0.6 is 0 Å². The quantitative estimate of drug-likeness (QED) is 0.465. The van der Waals surface area contributed by atoms with Gasteiger partial charge in [0.25, 0.3) is 0 Å². The van der Waals surface area contributed by atoms with Crippen molar-refractivity contribution in [1.29, 1.82) is 0 Å². The van der Waals surface area contributed by atoms with E-state index in [9.17, 15) is 0 Å². The van der Waals surface area contributed by atoms with E-state index >= 15 is 0 Å². The number of unbranched alkanes of at least 4 members (excludes halogenated alkanes) is 1. The van der Waals surface area contributed by atoms with Crippen molar-refractivity contribution in [2.45, 2.75) is 58.0 Å². The third kappa shape index (κ3) is 6.33. The second-order valence-electron chi connectivity index (χ2n) is 6.70. The molecule has 1 radical (unpaired) electrons. The summed E-state index contributed by atoms with van der Waals surface area (Å²) in [5.74, 6) is 2.74. The Kier molecular flexibility index (Phi) is 8.35. The zero-order valence-corrected chi connectivity index (χ0v) is 15.1. The molecule has 0 bridgehead atoms. The van der Waals surface area contributed by atoms with Gasteiger partial charge in [0.15, 0.2) is 0 Å². The lowest BCUT2D eigenvalue weighted by Gasteiger charge is -2.31. The van der Waals surface area contributed by atoms with E-state index in [4.69, 9.17) is 4.74 Å². The molecule has 0 saturated heterocycles. The summed E-state index contributed by atoms with van der Waals surface area (Å²) in [7, 11) is 0. The minimum Gasteiger partial charge on any atom is -0.498 e. The molecular formula is C18H31AlO-. The summed E-state index contributed by atoms with van der Waals surface area (Å²) in [5, 5.41) is 2.76. The molecule has 0 N–H and O–H groups in total. The van der Waals surface area contributed by atoms with Crippen molar-refractivity contribution in [3.05, 3.63) is 24.3 Å². The predicted molar refractivity (Wildman–Crippen MR) is 91.5 cm³/mol. The van der Waals surface area contributed by atoms with E-state index in [1.807, 2.05) is 0 Å². The second kappa shape index (κ2) is 9.48. The molecule has 0 unspecified atom stereocenters. The van der Waals surface area contributed by atoms with Crippen LogP contribution in [0.5, 0.6) is 5.75 Å². The highest BCUT2D eigenvalue weighted by Crippen LogP contribution is 2.19. The monoisotopic (exact) mass is 290 g/mol. The Labute approximate surface area is 130 Å². The molecule has 113 valence electrons. The Balaban J connectivity index is 2.87. The maximum atomic E-state index is 6.06. The molecule has 0 aliphatic carbocycles. The van der Waals surface area contributed by atoms with Crippen LogP contribution in [-0.4, -0.2) is 20.8 Å². The fourth-order valence-corrected chi connectivity index (χ4v) is 6.71. The Bertz CT molecular complexity index is 363. The third-order valence-electron chi connectivity index (χ3n) is 3.63. The van der Waals surface area contributed by atoms with Crippen LogP contribution in [-0.2, 0) is 0 Å². The molecule has 0 saturated carbocycles. The van der Waals surface area contributed by atoms with Gasteiger partial charge in [0.1, 0.15) is 0 Å². The van der Waals surface area contributed by atoms with Crippen molar-refractivity contribution >= 4 is 18.6 Å². The largest absolute Gasteiger partial charge is 0.498 e. The minimum absolute atomic E-state index is 0.786. The molecule has 0 atom stereocenters. The van der Waals surface area contributed by atoms with Crippen molar-refractivity contribution in [1.82, 2.24) is 0 Å². The molecule has 2 heteroatoms. The summed E-state index contributed by atoms with van der Waals surface area (Å²) < 4.78 is 7.60. The third-order valence-corrected chi connectivity index (χ3v) is 8.01. The average Bonchev–Trinajstić information content (AvgIpc) is 2.38. The molecular weight excluding hydrogens is 259 g/mol. The van der Waals surface area contributed by atoms with Crippen molar-refractivity contribution in [2.75, 3.05) is 6.61 Å². The molecule has 0 fully saturated rings. The van der Waals surface area contributed by atoms with Crippen LogP contribution in [0.1, 0.15) is 47.5 Å². The number of hydrogen-bond acceptors (Lipinski definition) is 1. The summed E-state index contributed by atoms with van der Waals surface area (Å²) in [4.78, 5) is 0. The number of benzene rings is 1. The molecule has 0 aliphatic heterocycles. The Hall–Kier alpha value is -0.448. The Morgan fingerprint density at radius 1 is 1.00 bits per heavy atom. The summed E-state index contributed by atoms with van der Waals surface area (Å²) in [6, 6.07) is 8.79. The highest BCUT2D eigenvalue weighted by molar-refractivity contribution is 6.74. The molecule has 1 aromatic carbocycles. The van der Waals surface area contributed by atoms with Gasteiger partial charge in [-0.25, -0.2) is 15.0 Å². The maximum Gasteiger partial charge on any atom is 0.0880 e. The molecule has 1 rings (SSSR count). The number of ether oxygens (including phenoxy) is 1. The fraction of sp³-hybridized carbons (Fsp3) is 0.667. The van der Waals surface area contributed by atoms with Crippen LogP contribution in [0.15, 0.2) is 24.3 Å². The van der Waals surface area contributed by atoms with E-state index in [2.05, 4.69) is 58.9 Å². The lowest BCUT2D eigenvalue weighted by Crippen LogP contribution is -2.34. The van der Waals surface area contributed by atoms with Gasteiger partial charge in [-0.15, -0.1) is 6.07 Å². The van der Waals surface area contributed by atoms with E-state index < -0.39 is 14.1 Å². The zero-order valence-electron chi connectivity index (χ0n) is 14.0. The van der Waals surface area contributed by atoms with Crippen LogP contribution in [0.3, 0.4) is 0 Å². The first-order valence-corrected chi connectivity index (χ1v) is 10.5. The molecule has 1 nitrogen and oxygen atoms in total. The van der Waals surface area contributed by atoms with Gasteiger partial charge < -0.3 is 4.74 Å². The van der Waals surface area contributed by atoms with E-state index in [-0.39, 0.29) is 0 Å². The first-order valence-electron chi connectivity index (χ1n) is 8.26. The predicted octanol–water partition coefficient (Wildman–Crippen LogP) is 4.88. The van der Waals surface area contributed by atoms with Crippen LogP contribution in [0, 0.1) is 11.8 Å². The van der Waals surface area contributed by atoms with E-state index in [1.165, 1.54) is 22.7 Å². The van der Waals surface area contributed by atoms with Crippen molar-refractivity contribution < 1.29 is 4.74 Å². The maximum absolute atomic E-state index is 6.06. The van der Waals surface area contributed by atoms with Gasteiger partial charge in [0.2, 0.25) is 0 Å². The average molecular weight is 290 g/mol. The molecule has 20 heavy (non-hydrogen) atoms. The van der Waals surface area contributed by atoms with Gasteiger partial charge in [-0.2, -0.15) is 0 Å². The normalized spacial score (nSPS) is 11.6. The van der Waals surface area contributed by atoms with Crippen molar-refractivity contribution in [2.24, 2.45) is 11.8 Å². The Morgan fingerprint density at radius 2 is 1.60 bits per heavy atom.